The van der Waals surface area contributed by atoms with E-state index in [0.29, 0.717) is 17.4 Å². The van der Waals surface area contributed by atoms with E-state index >= 15 is 0 Å². The summed E-state index contributed by atoms with van der Waals surface area (Å²) < 4.78 is 0. The summed E-state index contributed by atoms with van der Waals surface area (Å²) in [7, 11) is 0. The lowest BCUT2D eigenvalue weighted by Crippen LogP contribution is -2.40. The highest BCUT2D eigenvalue weighted by molar-refractivity contribution is 5.49. The van der Waals surface area contributed by atoms with Gasteiger partial charge in [-0.05, 0) is 25.7 Å². The van der Waals surface area contributed by atoms with Crippen LogP contribution in [0.1, 0.15) is 25.5 Å². The van der Waals surface area contributed by atoms with E-state index in [1.165, 1.54) is 0 Å². The lowest BCUT2D eigenvalue weighted by molar-refractivity contribution is 0.353. The van der Waals surface area contributed by atoms with Crippen molar-refractivity contribution in [3.63, 3.8) is 0 Å². The van der Waals surface area contributed by atoms with Crippen molar-refractivity contribution >= 4 is 5.82 Å². The Bertz CT molecular complexity index is 415. The Morgan fingerprint density at radius 3 is 2.65 bits per heavy atom. The van der Waals surface area contributed by atoms with E-state index in [2.05, 4.69) is 27.9 Å². The lowest BCUT2D eigenvalue weighted by Gasteiger charge is -2.34. The van der Waals surface area contributed by atoms with Gasteiger partial charge >= 0.3 is 0 Å². The van der Waals surface area contributed by atoms with Crippen molar-refractivity contribution in [2.24, 2.45) is 11.7 Å². The molecule has 0 bridgehead atoms. The average Bonchev–Trinajstić information content (AvgIpc) is 2.39. The molecule has 0 aromatic carbocycles. The summed E-state index contributed by atoms with van der Waals surface area (Å²) in [6.45, 7) is 3.86. The van der Waals surface area contributed by atoms with Crippen LogP contribution >= 0.6 is 0 Å². The number of anilines is 1. The molecule has 1 fully saturated rings. The minimum atomic E-state index is 0.245. The maximum absolute atomic E-state index is 8.99. The van der Waals surface area contributed by atoms with E-state index in [1.54, 1.807) is 12.4 Å². The van der Waals surface area contributed by atoms with Gasteiger partial charge in [0.1, 0.15) is 6.07 Å². The second-order valence-corrected chi connectivity index (χ2v) is 4.52. The second kappa shape index (κ2) is 5.11. The number of hydrogen-bond acceptors (Lipinski definition) is 5. The van der Waals surface area contributed by atoms with Crippen molar-refractivity contribution in [3.8, 4) is 6.07 Å². The van der Waals surface area contributed by atoms with E-state index in [9.17, 15) is 0 Å². The van der Waals surface area contributed by atoms with Crippen molar-refractivity contribution in [1.82, 2.24) is 9.97 Å². The zero-order chi connectivity index (χ0) is 12.3. The first-order valence-electron chi connectivity index (χ1n) is 5.94. The van der Waals surface area contributed by atoms with Gasteiger partial charge in [-0.15, -0.1) is 0 Å². The van der Waals surface area contributed by atoms with E-state index in [0.717, 1.165) is 25.9 Å². The Hall–Kier alpha value is -1.67. The van der Waals surface area contributed by atoms with Crippen LogP contribution < -0.4 is 10.6 Å². The van der Waals surface area contributed by atoms with Gasteiger partial charge in [0, 0.05) is 31.5 Å². The SMILES string of the molecule is CC(N)C1CCN(c2nccnc2C#N)CC1. The maximum Gasteiger partial charge on any atom is 0.183 e. The molecular formula is C12H17N5. The predicted octanol–water partition coefficient (Wildman–Crippen LogP) is 0.912. The first-order chi connectivity index (χ1) is 8.22. The molecule has 0 aliphatic carbocycles. The number of rotatable bonds is 2. The van der Waals surface area contributed by atoms with Gasteiger partial charge in [-0.3, -0.25) is 0 Å². The van der Waals surface area contributed by atoms with Gasteiger partial charge in [0.15, 0.2) is 11.5 Å². The topological polar surface area (TPSA) is 78.8 Å². The van der Waals surface area contributed by atoms with Gasteiger partial charge in [-0.1, -0.05) is 0 Å². The van der Waals surface area contributed by atoms with Gasteiger partial charge < -0.3 is 10.6 Å². The van der Waals surface area contributed by atoms with E-state index in [-0.39, 0.29) is 6.04 Å². The van der Waals surface area contributed by atoms with Gasteiger partial charge in [-0.2, -0.15) is 5.26 Å². The third-order valence-electron chi connectivity index (χ3n) is 3.37. The third kappa shape index (κ3) is 2.53. The monoisotopic (exact) mass is 231 g/mol. The largest absolute Gasteiger partial charge is 0.354 e. The van der Waals surface area contributed by atoms with Crippen LogP contribution in [0.5, 0.6) is 0 Å². The fourth-order valence-corrected chi connectivity index (χ4v) is 2.28. The summed E-state index contributed by atoms with van der Waals surface area (Å²) in [5.41, 5.74) is 6.32. The average molecular weight is 231 g/mol. The summed E-state index contributed by atoms with van der Waals surface area (Å²) in [4.78, 5) is 10.4. The van der Waals surface area contributed by atoms with Gasteiger partial charge in [-0.25, -0.2) is 9.97 Å². The molecule has 0 saturated carbocycles. The third-order valence-corrected chi connectivity index (χ3v) is 3.37. The second-order valence-electron chi connectivity index (χ2n) is 4.52. The first-order valence-corrected chi connectivity index (χ1v) is 5.94. The summed E-state index contributed by atoms with van der Waals surface area (Å²) in [6.07, 6.45) is 5.29. The molecule has 0 spiro atoms. The highest BCUT2D eigenvalue weighted by Crippen LogP contribution is 2.24. The molecule has 17 heavy (non-hydrogen) atoms. The van der Waals surface area contributed by atoms with Crippen LogP contribution in [0.2, 0.25) is 0 Å². The molecule has 5 nitrogen and oxygen atoms in total. The molecule has 0 amide bonds. The standard InChI is InChI=1S/C12H17N5/c1-9(14)10-2-6-17(7-3-10)12-11(8-13)15-4-5-16-12/h4-5,9-10H,2-3,6-7,14H2,1H3. The highest BCUT2D eigenvalue weighted by Gasteiger charge is 2.24. The molecule has 1 aromatic heterocycles. The van der Waals surface area contributed by atoms with Crippen LogP contribution in [-0.4, -0.2) is 29.1 Å². The summed E-state index contributed by atoms with van der Waals surface area (Å²) >= 11 is 0. The van der Waals surface area contributed by atoms with Crippen molar-refractivity contribution < 1.29 is 0 Å². The molecule has 2 rings (SSSR count). The molecule has 1 aliphatic rings. The Labute approximate surface area is 101 Å². The Kier molecular flexibility index (Phi) is 3.55. The first kappa shape index (κ1) is 11.8. The molecule has 2 heterocycles. The molecule has 1 saturated heterocycles. The van der Waals surface area contributed by atoms with Gasteiger partial charge in [0.05, 0.1) is 0 Å². The number of nitriles is 1. The Balaban J connectivity index is 2.08. The van der Waals surface area contributed by atoms with Crippen molar-refractivity contribution in [2.75, 3.05) is 18.0 Å². The molecule has 0 radical (unpaired) electrons. The number of hydrogen-bond donors (Lipinski definition) is 1. The van der Waals surface area contributed by atoms with Crippen molar-refractivity contribution in [1.29, 1.82) is 5.26 Å². The van der Waals surface area contributed by atoms with Crippen LogP contribution in [0.3, 0.4) is 0 Å². The molecule has 2 N–H and O–H groups in total. The van der Waals surface area contributed by atoms with Crippen molar-refractivity contribution in [3.05, 3.63) is 18.1 Å². The predicted molar refractivity (Wildman–Crippen MR) is 65.3 cm³/mol. The minimum absolute atomic E-state index is 0.245. The van der Waals surface area contributed by atoms with E-state index in [1.807, 2.05) is 0 Å². The quantitative estimate of drug-likeness (QED) is 0.818. The normalized spacial score (nSPS) is 18.8. The van der Waals surface area contributed by atoms with Crippen molar-refractivity contribution in [2.45, 2.75) is 25.8 Å². The summed E-state index contributed by atoms with van der Waals surface area (Å²) in [6, 6.07) is 2.33. The fraction of sp³-hybridized carbons (Fsp3) is 0.583. The molecule has 5 heteroatoms. The number of nitrogens with two attached hydrogens (primary N) is 1. The van der Waals surface area contributed by atoms with Crippen LogP contribution in [-0.2, 0) is 0 Å². The number of nitrogens with zero attached hydrogens (tertiary/aromatic N) is 4. The smallest absolute Gasteiger partial charge is 0.183 e. The zero-order valence-corrected chi connectivity index (χ0v) is 10.0. The number of piperidine rings is 1. The maximum atomic E-state index is 8.99. The van der Waals surface area contributed by atoms with Crippen LogP contribution in [0.25, 0.3) is 0 Å². The highest BCUT2D eigenvalue weighted by atomic mass is 15.2. The van der Waals surface area contributed by atoms with E-state index in [4.69, 9.17) is 11.0 Å². The Morgan fingerprint density at radius 1 is 1.41 bits per heavy atom. The molecule has 1 aliphatic heterocycles. The van der Waals surface area contributed by atoms with Crippen LogP contribution in [0.4, 0.5) is 5.82 Å². The van der Waals surface area contributed by atoms with Crippen LogP contribution in [0.15, 0.2) is 12.4 Å². The summed E-state index contributed by atoms with van der Waals surface area (Å²) in [5.74, 6) is 1.28. The summed E-state index contributed by atoms with van der Waals surface area (Å²) in [5, 5.41) is 8.99. The molecule has 90 valence electrons. The molecular weight excluding hydrogens is 214 g/mol. The Morgan fingerprint density at radius 2 is 2.06 bits per heavy atom. The fourth-order valence-electron chi connectivity index (χ4n) is 2.28. The lowest BCUT2D eigenvalue weighted by atomic mass is 9.91. The molecule has 1 unspecified atom stereocenters. The minimum Gasteiger partial charge on any atom is -0.354 e. The van der Waals surface area contributed by atoms with Gasteiger partial charge in [0.2, 0.25) is 0 Å². The molecule has 1 atom stereocenters. The van der Waals surface area contributed by atoms with Gasteiger partial charge in [0.25, 0.3) is 0 Å². The molecule has 1 aromatic rings. The number of aromatic nitrogens is 2. The zero-order valence-electron chi connectivity index (χ0n) is 10.0. The van der Waals surface area contributed by atoms with E-state index < -0.39 is 0 Å². The van der Waals surface area contributed by atoms with Crippen LogP contribution in [0, 0.1) is 17.2 Å².